The topological polar surface area (TPSA) is 47.3 Å². The fourth-order valence-corrected chi connectivity index (χ4v) is 4.10. The van der Waals surface area contributed by atoms with E-state index in [-0.39, 0.29) is 6.04 Å². The van der Waals surface area contributed by atoms with Gasteiger partial charge in [0.15, 0.2) is 0 Å². The number of halogens is 1. The molecule has 0 radical (unpaired) electrons. The van der Waals surface area contributed by atoms with E-state index in [1.165, 1.54) is 0 Å². The Kier molecular flexibility index (Phi) is 3.63. The highest BCUT2D eigenvalue weighted by Gasteiger charge is 2.55. The van der Waals surface area contributed by atoms with Gasteiger partial charge < -0.3 is 10.0 Å². The molecular weight excluding hydrogens is 284 g/mol. The van der Waals surface area contributed by atoms with E-state index in [4.69, 9.17) is 16.9 Å². The molecule has 2 atom stereocenters. The molecule has 0 amide bonds. The van der Waals surface area contributed by atoms with Gasteiger partial charge in [0, 0.05) is 12.2 Å². The first kappa shape index (κ1) is 14.7. The van der Waals surface area contributed by atoms with Crippen molar-refractivity contribution in [1.82, 2.24) is 0 Å². The largest absolute Gasteiger partial charge is 0.387 e. The van der Waals surface area contributed by atoms with Gasteiger partial charge in [0.25, 0.3) is 0 Å². The van der Waals surface area contributed by atoms with E-state index in [0.29, 0.717) is 22.4 Å². The lowest BCUT2D eigenvalue weighted by molar-refractivity contribution is -0.00293. The molecule has 21 heavy (non-hydrogen) atoms. The highest BCUT2D eigenvalue weighted by Crippen LogP contribution is 2.50. The zero-order valence-electron chi connectivity index (χ0n) is 12.5. The van der Waals surface area contributed by atoms with Crippen LogP contribution in [0.15, 0.2) is 18.2 Å². The standard InChI is InChI=1S/C17H21ClN2O/c1-11(2)16-17(21,13-4-5-13)7-8-20(16)14-6-3-12(10-19)15(18)9-14/h3,6,9,11,13,16,21H,4-5,7-8H2,1-2H3/t16-,17+/m0/s1. The molecule has 112 valence electrons. The second-order valence-electron chi connectivity index (χ2n) is 6.67. The summed E-state index contributed by atoms with van der Waals surface area (Å²) in [4.78, 5) is 2.27. The van der Waals surface area contributed by atoms with Gasteiger partial charge in [0.1, 0.15) is 6.07 Å². The summed E-state index contributed by atoms with van der Waals surface area (Å²) in [7, 11) is 0. The fraction of sp³-hybridized carbons (Fsp3) is 0.588. The lowest BCUT2D eigenvalue weighted by Crippen LogP contribution is -2.49. The lowest BCUT2D eigenvalue weighted by atomic mass is 9.83. The molecule has 1 saturated carbocycles. The lowest BCUT2D eigenvalue weighted by Gasteiger charge is -2.38. The summed E-state index contributed by atoms with van der Waals surface area (Å²) >= 11 is 6.17. The van der Waals surface area contributed by atoms with Gasteiger partial charge in [-0.1, -0.05) is 25.4 Å². The molecule has 1 saturated heterocycles. The van der Waals surface area contributed by atoms with Gasteiger partial charge in [-0.15, -0.1) is 0 Å². The number of nitrogens with zero attached hydrogens (tertiary/aromatic N) is 2. The maximum absolute atomic E-state index is 11.1. The van der Waals surface area contributed by atoms with Crippen molar-refractivity contribution in [2.75, 3.05) is 11.4 Å². The third kappa shape index (κ3) is 2.41. The number of anilines is 1. The quantitative estimate of drug-likeness (QED) is 0.928. The monoisotopic (exact) mass is 304 g/mol. The molecule has 3 nitrogen and oxygen atoms in total. The van der Waals surface area contributed by atoms with Crippen LogP contribution in [-0.4, -0.2) is 23.3 Å². The first-order valence-corrected chi connectivity index (χ1v) is 8.04. The molecule has 2 aliphatic rings. The highest BCUT2D eigenvalue weighted by atomic mass is 35.5. The Hall–Kier alpha value is -1.24. The summed E-state index contributed by atoms with van der Waals surface area (Å²) in [6, 6.07) is 7.78. The van der Waals surface area contributed by atoms with Crippen LogP contribution in [0.2, 0.25) is 5.02 Å². The third-order valence-electron chi connectivity index (χ3n) is 4.92. The zero-order valence-corrected chi connectivity index (χ0v) is 13.3. The Labute approximate surface area is 131 Å². The Balaban J connectivity index is 1.94. The molecule has 0 aromatic heterocycles. The Morgan fingerprint density at radius 1 is 1.43 bits per heavy atom. The van der Waals surface area contributed by atoms with Crippen molar-refractivity contribution in [2.24, 2.45) is 11.8 Å². The Morgan fingerprint density at radius 3 is 2.67 bits per heavy atom. The van der Waals surface area contributed by atoms with Gasteiger partial charge in [0.05, 0.1) is 22.2 Å². The first-order chi connectivity index (χ1) is 9.97. The van der Waals surface area contributed by atoms with Crippen molar-refractivity contribution in [3.8, 4) is 6.07 Å². The molecule has 1 aliphatic carbocycles. The van der Waals surface area contributed by atoms with Crippen molar-refractivity contribution < 1.29 is 5.11 Å². The number of hydrogen-bond acceptors (Lipinski definition) is 3. The minimum absolute atomic E-state index is 0.119. The SMILES string of the molecule is CC(C)[C@@H]1N(c2ccc(C#N)c(Cl)c2)CC[C@@]1(O)C1CC1. The van der Waals surface area contributed by atoms with Crippen LogP contribution in [0.1, 0.15) is 38.7 Å². The van der Waals surface area contributed by atoms with Gasteiger partial charge >= 0.3 is 0 Å². The van der Waals surface area contributed by atoms with Crippen LogP contribution >= 0.6 is 11.6 Å². The third-order valence-corrected chi connectivity index (χ3v) is 5.23. The summed E-state index contributed by atoms with van der Waals surface area (Å²) in [5, 5.41) is 20.6. The molecule has 1 aliphatic heterocycles. The molecule has 0 spiro atoms. The highest BCUT2D eigenvalue weighted by molar-refractivity contribution is 6.32. The summed E-state index contributed by atoms with van der Waals surface area (Å²) in [6.45, 7) is 5.18. The molecule has 0 bridgehead atoms. The summed E-state index contributed by atoms with van der Waals surface area (Å²) in [5.41, 5.74) is 0.932. The van der Waals surface area contributed by atoms with Crippen LogP contribution in [-0.2, 0) is 0 Å². The number of rotatable bonds is 3. The van der Waals surface area contributed by atoms with Gasteiger partial charge in [-0.3, -0.25) is 0 Å². The zero-order chi connectivity index (χ0) is 15.2. The molecule has 0 unspecified atom stereocenters. The second kappa shape index (κ2) is 5.19. The molecule has 1 aromatic rings. The number of benzene rings is 1. The van der Waals surface area contributed by atoms with E-state index < -0.39 is 5.60 Å². The molecule has 1 N–H and O–H groups in total. The maximum atomic E-state index is 11.1. The first-order valence-electron chi connectivity index (χ1n) is 7.66. The predicted octanol–water partition coefficient (Wildman–Crippen LogP) is 3.59. The van der Waals surface area contributed by atoms with Gasteiger partial charge in [-0.25, -0.2) is 0 Å². The van der Waals surface area contributed by atoms with Gasteiger partial charge in [0.2, 0.25) is 0 Å². The average Bonchev–Trinajstić information content (AvgIpc) is 3.23. The van der Waals surface area contributed by atoms with Crippen LogP contribution < -0.4 is 4.90 Å². The van der Waals surface area contributed by atoms with Gasteiger partial charge in [-0.2, -0.15) is 5.26 Å². The normalized spacial score (nSPS) is 29.0. The van der Waals surface area contributed by atoms with Crippen molar-refractivity contribution in [3.63, 3.8) is 0 Å². The summed E-state index contributed by atoms with van der Waals surface area (Å²) in [6.07, 6.45) is 3.10. The van der Waals surface area contributed by atoms with Crippen molar-refractivity contribution in [3.05, 3.63) is 28.8 Å². The average molecular weight is 305 g/mol. The van der Waals surface area contributed by atoms with E-state index in [0.717, 1.165) is 31.5 Å². The smallest absolute Gasteiger partial charge is 0.101 e. The van der Waals surface area contributed by atoms with E-state index >= 15 is 0 Å². The summed E-state index contributed by atoms with van der Waals surface area (Å²) < 4.78 is 0. The molecule has 4 heteroatoms. The number of nitriles is 1. The van der Waals surface area contributed by atoms with Crippen LogP contribution in [0.25, 0.3) is 0 Å². The minimum atomic E-state index is -0.575. The van der Waals surface area contributed by atoms with Crippen LogP contribution in [0.5, 0.6) is 0 Å². The van der Waals surface area contributed by atoms with E-state index in [9.17, 15) is 5.11 Å². The molecule has 1 aromatic carbocycles. The van der Waals surface area contributed by atoms with Crippen LogP contribution in [0.3, 0.4) is 0 Å². The molecule has 2 fully saturated rings. The summed E-state index contributed by atoms with van der Waals surface area (Å²) in [5.74, 6) is 0.816. The van der Waals surface area contributed by atoms with Crippen molar-refractivity contribution in [1.29, 1.82) is 5.26 Å². The fourth-order valence-electron chi connectivity index (χ4n) is 3.89. The van der Waals surface area contributed by atoms with Crippen molar-refractivity contribution >= 4 is 17.3 Å². The van der Waals surface area contributed by atoms with Gasteiger partial charge in [-0.05, 0) is 49.3 Å². The van der Waals surface area contributed by atoms with Crippen LogP contribution in [0.4, 0.5) is 5.69 Å². The number of aliphatic hydroxyl groups is 1. The maximum Gasteiger partial charge on any atom is 0.101 e. The van der Waals surface area contributed by atoms with Crippen molar-refractivity contribution in [2.45, 2.75) is 44.8 Å². The molecular formula is C17H21ClN2O. The molecule has 3 rings (SSSR count). The number of hydrogen-bond donors (Lipinski definition) is 1. The van der Waals surface area contributed by atoms with E-state index in [1.54, 1.807) is 6.07 Å². The molecule has 1 heterocycles. The van der Waals surface area contributed by atoms with E-state index in [2.05, 4.69) is 24.8 Å². The Bertz CT molecular complexity index is 591. The minimum Gasteiger partial charge on any atom is -0.387 e. The second-order valence-corrected chi connectivity index (χ2v) is 7.08. The predicted molar refractivity (Wildman–Crippen MR) is 84.4 cm³/mol. The van der Waals surface area contributed by atoms with E-state index in [1.807, 2.05) is 12.1 Å². The van der Waals surface area contributed by atoms with Crippen LogP contribution in [0, 0.1) is 23.2 Å². The Morgan fingerprint density at radius 2 is 2.14 bits per heavy atom.